The Kier molecular flexibility index (Phi) is 5.90. The average molecular weight is 425 g/mol. The molecule has 0 fully saturated rings. The predicted molar refractivity (Wildman–Crippen MR) is 92.7 cm³/mol. The third-order valence-electron chi connectivity index (χ3n) is 3.67. The molecule has 156 valence electrons. The van der Waals surface area contributed by atoms with Gasteiger partial charge in [0, 0.05) is 11.6 Å². The molecule has 0 aliphatic carbocycles. The van der Waals surface area contributed by atoms with Gasteiger partial charge in [0.25, 0.3) is 5.88 Å². The highest BCUT2D eigenvalue weighted by Gasteiger charge is 2.31. The van der Waals surface area contributed by atoms with Crippen LogP contribution < -0.4 is 4.74 Å². The number of carbonyl (C=O) groups excluding carboxylic acids is 1. The summed E-state index contributed by atoms with van der Waals surface area (Å²) in [6.07, 6.45) is -4.61. The van der Waals surface area contributed by atoms with Crippen molar-refractivity contribution in [2.24, 2.45) is 0 Å². The van der Waals surface area contributed by atoms with E-state index in [-0.39, 0.29) is 18.0 Å². The number of alkyl halides is 3. The Labute approximate surface area is 166 Å². The lowest BCUT2D eigenvalue weighted by molar-refractivity contribution is -0.137. The minimum Gasteiger partial charge on any atom is -0.461 e. The molecule has 0 unspecified atom stereocenters. The highest BCUT2D eigenvalue weighted by atomic mass is 19.4. The molecule has 0 aliphatic rings. The minimum atomic E-state index is -4.61. The summed E-state index contributed by atoms with van der Waals surface area (Å²) >= 11 is 0. The molecule has 1 heterocycles. The van der Waals surface area contributed by atoms with Gasteiger partial charge in [0.15, 0.2) is 17.4 Å². The second-order valence-corrected chi connectivity index (χ2v) is 5.77. The third-order valence-corrected chi connectivity index (χ3v) is 3.67. The summed E-state index contributed by atoms with van der Waals surface area (Å²) in [5.74, 6) is -4.37. The van der Waals surface area contributed by atoms with E-state index in [0.29, 0.717) is 6.07 Å². The van der Waals surface area contributed by atoms with Crippen LogP contribution >= 0.6 is 0 Å². The van der Waals surface area contributed by atoms with Gasteiger partial charge >= 0.3 is 12.1 Å². The molecule has 3 aromatic rings. The molecule has 0 atom stereocenters. The van der Waals surface area contributed by atoms with Gasteiger partial charge in [-0.1, -0.05) is 12.1 Å². The van der Waals surface area contributed by atoms with E-state index in [2.05, 4.69) is 15.2 Å². The van der Waals surface area contributed by atoms with Gasteiger partial charge < -0.3 is 9.47 Å². The normalized spacial score (nSPS) is 11.3. The largest absolute Gasteiger partial charge is 0.461 e. The molecule has 30 heavy (non-hydrogen) atoms. The maximum Gasteiger partial charge on any atom is 0.416 e. The summed E-state index contributed by atoms with van der Waals surface area (Å²) in [6, 6.07) is 6.38. The summed E-state index contributed by atoms with van der Waals surface area (Å²) in [7, 11) is 0. The van der Waals surface area contributed by atoms with Crippen LogP contribution in [-0.2, 0) is 10.9 Å². The Morgan fingerprint density at radius 2 is 1.83 bits per heavy atom. The zero-order valence-electron chi connectivity index (χ0n) is 15.2. The standard InChI is InChI=1S/C19H12F5N3O3/c1-2-29-18(28)15-17(30-14-9-12(20)6-7-13(14)21)25-16(27-26-15)10-4-3-5-11(8-10)19(22,23)24/h3-9H,2H2,1H3. The van der Waals surface area contributed by atoms with Crippen molar-refractivity contribution in [2.75, 3.05) is 6.61 Å². The highest BCUT2D eigenvalue weighted by Crippen LogP contribution is 2.32. The highest BCUT2D eigenvalue weighted by molar-refractivity contribution is 5.89. The zero-order chi connectivity index (χ0) is 21.9. The molecule has 1 aromatic heterocycles. The van der Waals surface area contributed by atoms with Gasteiger partial charge in [0.05, 0.1) is 12.2 Å². The maximum absolute atomic E-state index is 13.9. The number of hydrogen-bond acceptors (Lipinski definition) is 6. The van der Waals surface area contributed by atoms with Gasteiger partial charge in [0.1, 0.15) is 5.82 Å². The van der Waals surface area contributed by atoms with Gasteiger partial charge in [-0.15, -0.1) is 10.2 Å². The average Bonchev–Trinajstić information content (AvgIpc) is 2.70. The lowest BCUT2D eigenvalue weighted by Crippen LogP contribution is -2.13. The molecule has 6 nitrogen and oxygen atoms in total. The number of carbonyl (C=O) groups is 1. The molecule has 11 heteroatoms. The van der Waals surface area contributed by atoms with Gasteiger partial charge in [0.2, 0.25) is 5.69 Å². The number of halogens is 5. The SMILES string of the molecule is CCOC(=O)c1nnc(-c2cccc(C(F)(F)F)c2)nc1Oc1cc(F)ccc1F. The van der Waals surface area contributed by atoms with Crippen LogP contribution in [0.15, 0.2) is 42.5 Å². The number of ether oxygens (including phenoxy) is 2. The fourth-order valence-electron chi connectivity index (χ4n) is 2.33. The summed E-state index contributed by atoms with van der Waals surface area (Å²) < 4.78 is 76.3. The fourth-order valence-corrected chi connectivity index (χ4v) is 2.33. The van der Waals surface area contributed by atoms with Crippen LogP contribution in [0, 0.1) is 11.6 Å². The van der Waals surface area contributed by atoms with E-state index in [0.717, 1.165) is 30.3 Å². The van der Waals surface area contributed by atoms with E-state index in [4.69, 9.17) is 9.47 Å². The summed E-state index contributed by atoms with van der Waals surface area (Å²) in [5.41, 5.74) is -1.61. The van der Waals surface area contributed by atoms with E-state index >= 15 is 0 Å². The smallest absolute Gasteiger partial charge is 0.416 e. The van der Waals surface area contributed by atoms with E-state index < -0.39 is 46.7 Å². The van der Waals surface area contributed by atoms with E-state index in [1.54, 1.807) is 0 Å². The minimum absolute atomic E-state index is 0.0380. The number of rotatable bonds is 5. The number of aromatic nitrogens is 3. The molecule has 0 aliphatic heterocycles. The first-order valence-electron chi connectivity index (χ1n) is 8.41. The van der Waals surface area contributed by atoms with Crippen LogP contribution in [0.2, 0.25) is 0 Å². The Bertz CT molecular complexity index is 1090. The first-order valence-corrected chi connectivity index (χ1v) is 8.41. The molecule has 0 saturated carbocycles. The predicted octanol–water partition coefficient (Wildman–Crippen LogP) is 4.80. The molecule has 0 bridgehead atoms. The van der Waals surface area contributed by atoms with E-state index in [9.17, 15) is 26.7 Å². The summed E-state index contributed by atoms with van der Waals surface area (Å²) in [6.45, 7) is 1.48. The summed E-state index contributed by atoms with van der Waals surface area (Å²) in [4.78, 5) is 16.0. The number of esters is 1. The van der Waals surface area contributed by atoms with Gasteiger partial charge in [-0.05, 0) is 31.2 Å². The maximum atomic E-state index is 13.9. The van der Waals surface area contributed by atoms with Crippen molar-refractivity contribution in [3.05, 3.63) is 65.4 Å². The quantitative estimate of drug-likeness (QED) is 0.432. The third kappa shape index (κ3) is 4.67. The van der Waals surface area contributed by atoms with Crippen molar-refractivity contribution in [3.63, 3.8) is 0 Å². The van der Waals surface area contributed by atoms with E-state index in [1.807, 2.05) is 0 Å². The Morgan fingerprint density at radius 3 is 2.53 bits per heavy atom. The Hall–Kier alpha value is -3.63. The Morgan fingerprint density at radius 1 is 1.07 bits per heavy atom. The van der Waals surface area contributed by atoms with Gasteiger partial charge in [-0.2, -0.15) is 18.2 Å². The Balaban J connectivity index is 2.09. The van der Waals surface area contributed by atoms with Crippen LogP contribution in [0.4, 0.5) is 22.0 Å². The topological polar surface area (TPSA) is 74.2 Å². The lowest BCUT2D eigenvalue weighted by Gasteiger charge is -2.11. The molecule has 0 amide bonds. The van der Waals surface area contributed by atoms with Crippen molar-refractivity contribution in [1.82, 2.24) is 15.2 Å². The van der Waals surface area contributed by atoms with Crippen molar-refractivity contribution >= 4 is 5.97 Å². The molecule has 2 aromatic carbocycles. The van der Waals surface area contributed by atoms with Crippen LogP contribution in [0.5, 0.6) is 11.6 Å². The number of nitrogens with zero attached hydrogens (tertiary/aromatic N) is 3. The molecular formula is C19H12F5N3O3. The number of hydrogen-bond donors (Lipinski definition) is 0. The second kappa shape index (κ2) is 8.39. The van der Waals surface area contributed by atoms with Crippen molar-refractivity contribution < 1.29 is 36.2 Å². The second-order valence-electron chi connectivity index (χ2n) is 5.77. The fraction of sp³-hybridized carbons (Fsp3) is 0.158. The van der Waals surface area contributed by atoms with Gasteiger partial charge in [-0.3, -0.25) is 0 Å². The van der Waals surface area contributed by atoms with Crippen molar-refractivity contribution in [1.29, 1.82) is 0 Å². The van der Waals surface area contributed by atoms with Crippen molar-refractivity contribution in [2.45, 2.75) is 13.1 Å². The van der Waals surface area contributed by atoms with Crippen LogP contribution in [0.3, 0.4) is 0 Å². The molecule has 0 N–H and O–H groups in total. The number of benzene rings is 2. The molecule has 0 spiro atoms. The zero-order valence-corrected chi connectivity index (χ0v) is 15.2. The first-order chi connectivity index (χ1) is 14.2. The monoisotopic (exact) mass is 425 g/mol. The van der Waals surface area contributed by atoms with E-state index in [1.165, 1.54) is 13.0 Å². The van der Waals surface area contributed by atoms with Gasteiger partial charge in [-0.25, -0.2) is 13.6 Å². The van der Waals surface area contributed by atoms with Crippen molar-refractivity contribution in [3.8, 4) is 23.0 Å². The molecule has 3 rings (SSSR count). The summed E-state index contributed by atoms with van der Waals surface area (Å²) in [5, 5.41) is 7.24. The molecular weight excluding hydrogens is 413 g/mol. The molecule has 0 radical (unpaired) electrons. The van der Waals surface area contributed by atoms with Crippen LogP contribution in [0.1, 0.15) is 23.0 Å². The molecule has 0 saturated heterocycles. The van der Waals surface area contributed by atoms with Crippen LogP contribution in [-0.4, -0.2) is 27.8 Å². The van der Waals surface area contributed by atoms with Crippen LogP contribution in [0.25, 0.3) is 11.4 Å². The lowest BCUT2D eigenvalue weighted by atomic mass is 10.1. The first kappa shape index (κ1) is 21.1.